The first-order valence-corrected chi connectivity index (χ1v) is 6.99. The van der Waals surface area contributed by atoms with Crippen molar-refractivity contribution in [2.24, 2.45) is 9.98 Å². The monoisotopic (exact) mass is 325 g/mol. The van der Waals surface area contributed by atoms with Crippen LogP contribution in [-0.4, -0.2) is 23.4 Å². The Morgan fingerprint density at radius 2 is 2.17 bits per heavy atom. The molecule has 0 radical (unpaired) electrons. The topological polar surface area (TPSA) is 86.6 Å². The predicted octanol–water partition coefficient (Wildman–Crippen LogP) is 3.21. The summed E-state index contributed by atoms with van der Waals surface area (Å²) in [4.78, 5) is 7.53. The Labute approximate surface area is 138 Å². The summed E-state index contributed by atoms with van der Waals surface area (Å²) in [5.74, 6) is -0.208. The Hall–Kier alpha value is -3.35. The van der Waals surface area contributed by atoms with E-state index in [1.165, 1.54) is 24.6 Å². The number of aliphatic imine (C=N–C) groups is 2. The summed E-state index contributed by atoms with van der Waals surface area (Å²) in [6.07, 6.45) is 4.15. The van der Waals surface area contributed by atoms with E-state index in [2.05, 4.69) is 33.8 Å². The van der Waals surface area contributed by atoms with Gasteiger partial charge in [-0.2, -0.15) is 0 Å². The normalized spacial score (nSPS) is 11.9. The van der Waals surface area contributed by atoms with Crippen molar-refractivity contribution >= 4 is 24.0 Å². The Morgan fingerprint density at radius 1 is 1.38 bits per heavy atom. The van der Waals surface area contributed by atoms with E-state index < -0.39 is 0 Å². The summed E-state index contributed by atoms with van der Waals surface area (Å²) in [6, 6.07) is 8.05. The minimum absolute atomic E-state index is 0.00364. The molecule has 1 aromatic carbocycles. The van der Waals surface area contributed by atoms with Crippen molar-refractivity contribution in [3.05, 3.63) is 72.5 Å². The number of halogens is 1. The number of aromatic nitrogens is 1. The fraction of sp³-hybridized carbons (Fsp3) is 0.0588. The standard InChI is InChI=1S/C17H16FN5O/c1-3-21-17(20-2)14(19)10-16(15-8-9-24-23-15)22-11-12-6-4-5-7-13(12)18/h3-10,19,22H,1-2,11H2/b16-10-,19-14?,21-17-. The van der Waals surface area contributed by atoms with E-state index in [-0.39, 0.29) is 23.9 Å². The van der Waals surface area contributed by atoms with Gasteiger partial charge in [0.05, 0.1) is 5.70 Å². The molecule has 122 valence electrons. The van der Waals surface area contributed by atoms with Gasteiger partial charge in [-0.15, -0.1) is 0 Å². The van der Waals surface area contributed by atoms with Crippen LogP contribution in [0.15, 0.2) is 70.0 Å². The second kappa shape index (κ2) is 8.33. The highest BCUT2D eigenvalue weighted by Crippen LogP contribution is 2.12. The van der Waals surface area contributed by atoms with Gasteiger partial charge in [0.15, 0.2) is 5.84 Å². The van der Waals surface area contributed by atoms with Crippen molar-refractivity contribution in [3.63, 3.8) is 0 Å². The molecule has 0 spiro atoms. The lowest BCUT2D eigenvalue weighted by Gasteiger charge is -2.10. The quantitative estimate of drug-likeness (QED) is 0.605. The molecule has 0 saturated carbocycles. The van der Waals surface area contributed by atoms with E-state index in [1.807, 2.05) is 0 Å². The molecule has 2 rings (SSSR count). The van der Waals surface area contributed by atoms with Crippen molar-refractivity contribution in [1.82, 2.24) is 10.5 Å². The van der Waals surface area contributed by atoms with Crippen molar-refractivity contribution in [1.29, 1.82) is 5.41 Å². The fourth-order valence-corrected chi connectivity index (χ4v) is 1.89. The van der Waals surface area contributed by atoms with Crippen LogP contribution >= 0.6 is 0 Å². The van der Waals surface area contributed by atoms with Gasteiger partial charge in [-0.25, -0.2) is 14.4 Å². The second-order valence-corrected chi connectivity index (χ2v) is 4.59. The fourth-order valence-electron chi connectivity index (χ4n) is 1.89. The molecule has 2 aromatic rings. The van der Waals surface area contributed by atoms with E-state index in [1.54, 1.807) is 24.3 Å². The van der Waals surface area contributed by atoms with Crippen LogP contribution in [0.2, 0.25) is 0 Å². The molecule has 1 heterocycles. The Morgan fingerprint density at radius 3 is 2.79 bits per heavy atom. The zero-order valence-electron chi connectivity index (χ0n) is 12.9. The zero-order valence-corrected chi connectivity index (χ0v) is 12.9. The molecule has 0 unspecified atom stereocenters. The third-order valence-corrected chi connectivity index (χ3v) is 3.03. The van der Waals surface area contributed by atoms with Gasteiger partial charge < -0.3 is 9.84 Å². The number of benzene rings is 1. The Balaban J connectivity index is 2.26. The molecule has 0 amide bonds. The summed E-state index contributed by atoms with van der Waals surface area (Å²) in [7, 11) is 0. The van der Waals surface area contributed by atoms with Crippen molar-refractivity contribution < 1.29 is 8.91 Å². The number of hydrogen-bond donors (Lipinski definition) is 2. The van der Waals surface area contributed by atoms with Gasteiger partial charge >= 0.3 is 0 Å². The van der Waals surface area contributed by atoms with Gasteiger partial charge in [0, 0.05) is 24.4 Å². The first-order chi connectivity index (χ1) is 11.7. The van der Waals surface area contributed by atoms with Crippen molar-refractivity contribution in [2.45, 2.75) is 6.54 Å². The first kappa shape index (κ1) is 17.0. The molecule has 0 aliphatic carbocycles. The highest BCUT2D eigenvalue weighted by molar-refractivity contribution is 6.46. The van der Waals surface area contributed by atoms with E-state index in [4.69, 9.17) is 9.93 Å². The van der Waals surface area contributed by atoms with Crippen LogP contribution in [0, 0.1) is 11.2 Å². The largest absolute Gasteiger partial charge is 0.379 e. The van der Waals surface area contributed by atoms with Crippen LogP contribution in [-0.2, 0) is 6.54 Å². The molecule has 0 aliphatic rings. The van der Waals surface area contributed by atoms with Crippen LogP contribution in [0.5, 0.6) is 0 Å². The van der Waals surface area contributed by atoms with Crippen molar-refractivity contribution in [2.75, 3.05) is 0 Å². The van der Waals surface area contributed by atoms with Gasteiger partial charge in [-0.1, -0.05) is 29.9 Å². The van der Waals surface area contributed by atoms with Crippen LogP contribution in [0.3, 0.4) is 0 Å². The Kier molecular flexibility index (Phi) is 5.90. The lowest BCUT2D eigenvalue weighted by Crippen LogP contribution is -2.16. The average molecular weight is 325 g/mol. The highest BCUT2D eigenvalue weighted by Gasteiger charge is 2.10. The smallest absolute Gasteiger partial charge is 0.176 e. The minimum Gasteiger partial charge on any atom is -0.379 e. The summed E-state index contributed by atoms with van der Waals surface area (Å²) < 4.78 is 18.6. The third-order valence-electron chi connectivity index (χ3n) is 3.03. The third kappa shape index (κ3) is 4.33. The molecule has 1 aromatic heterocycles. The molecule has 0 atom stereocenters. The zero-order chi connectivity index (χ0) is 17.4. The van der Waals surface area contributed by atoms with Crippen LogP contribution in [0.1, 0.15) is 11.3 Å². The van der Waals surface area contributed by atoms with Crippen LogP contribution in [0.4, 0.5) is 4.39 Å². The molecular weight excluding hydrogens is 309 g/mol. The summed E-state index contributed by atoms with van der Waals surface area (Å²) in [6.45, 7) is 7.06. The molecule has 7 heteroatoms. The van der Waals surface area contributed by atoms with E-state index in [9.17, 15) is 4.39 Å². The molecular formula is C17H16FN5O. The predicted molar refractivity (Wildman–Crippen MR) is 92.6 cm³/mol. The molecule has 24 heavy (non-hydrogen) atoms. The maximum Gasteiger partial charge on any atom is 0.176 e. The molecule has 2 N–H and O–H groups in total. The van der Waals surface area contributed by atoms with Gasteiger partial charge in [-0.3, -0.25) is 5.41 Å². The van der Waals surface area contributed by atoms with E-state index in [0.29, 0.717) is 17.0 Å². The van der Waals surface area contributed by atoms with Crippen LogP contribution < -0.4 is 5.32 Å². The first-order valence-electron chi connectivity index (χ1n) is 6.99. The number of nitrogens with one attached hydrogen (secondary N) is 2. The molecule has 0 saturated heterocycles. The van der Waals surface area contributed by atoms with Gasteiger partial charge in [0.25, 0.3) is 0 Å². The van der Waals surface area contributed by atoms with E-state index in [0.717, 1.165) is 0 Å². The lowest BCUT2D eigenvalue weighted by atomic mass is 10.2. The summed E-state index contributed by atoms with van der Waals surface area (Å²) in [5, 5.41) is 14.9. The molecule has 0 aliphatic heterocycles. The molecule has 0 bridgehead atoms. The number of rotatable bonds is 7. The highest BCUT2D eigenvalue weighted by atomic mass is 19.1. The SMILES string of the molecule is C=C/N=C(\N=C)C(=N)/C=C(\NCc1ccccc1F)c1ccon1. The van der Waals surface area contributed by atoms with Gasteiger partial charge in [0.1, 0.15) is 23.5 Å². The Bertz CT molecular complexity index is 793. The number of nitrogens with zero attached hydrogens (tertiary/aromatic N) is 3. The average Bonchev–Trinajstić information content (AvgIpc) is 3.12. The lowest BCUT2D eigenvalue weighted by molar-refractivity contribution is 0.417. The number of hydrogen-bond acceptors (Lipinski definition) is 5. The maximum absolute atomic E-state index is 13.7. The second-order valence-electron chi connectivity index (χ2n) is 4.59. The summed E-state index contributed by atoms with van der Waals surface area (Å²) in [5.41, 5.74) is 1.43. The molecule has 0 fully saturated rings. The molecule has 6 nitrogen and oxygen atoms in total. The number of amidine groups is 1. The summed E-state index contributed by atoms with van der Waals surface area (Å²) >= 11 is 0. The van der Waals surface area contributed by atoms with Gasteiger partial charge in [-0.05, 0) is 18.9 Å². The van der Waals surface area contributed by atoms with Crippen molar-refractivity contribution in [3.8, 4) is 0 Å². The van der Waals surface area contributed by atoms with Crippen LogP contribution in [0.25, 0.3) is 5.70 Å². The minimum atomic E-state index is -0.318. The van der Waals surface area contributed by atoms with E-state index >= 15 is 0 Å². The van der Waals surface area contributed by atoms with Gasteiger partial charge in [0.2, 0.25) is 0 Å². The maximum atomic E-state index is 13.7.